The molecular formula is C15H20N2O4. The van der Waals surface area contributed by atoms with E-state index in [1.165, 1.54) is 7.11 Å². The number of carbonyl (C=O) groups excluding carboxylic acids is 2. The highest BCUT2D eigenvalue weighted by atomic mass is 16.5. The first-order valence-corrected chi connectivity index (χ1v) is 6.97. The van der Waals surface area contributed by atoms with Crippen LogP contribution in [0.3, 0.4) is 0 Å². The molecule has 21 heavy (non-hydrogen) atoms. The second kappa shape index (κ2) is 6.47. The molecule has 1 aliphatic carbocycles. The zero-order valence-electron chi connectivity index (χ0n) is 12.3. The number of ether oxygens (including phenoxy) is 2. The molecule has 0 bridgehead atoms. The van der Waals surface area contributed by atoms with Crippen LogP contribution in [0.5, 0.6) is 5.75 Å². The molecule has 1 fully saturated rings. The van der Waals surface area contributed by atoms with Gasteiger partial charge in [0.15, 0.2) is 6.61 Å². The number of nitrogens with two attached hydrogens (primary N) is 1. The van der Waals surface area contributed by atoms with Crippen LogP contribution < -0.4 is 10.5 Å². The van der Waals surface area contributed by atoms with Crippen LogP contribution in [0.2, 0.25) is 0 Å². The molecular weight excluding hydrogens is 272 g/mol. The molecule has 0 unspecified atom stereocenters. The summed E-state index contributed by atoms with van der Waals surface area (Å²) in [4.78, 5) is 25.6. The van der Waals surface area contributed by atoms with Gasteiger partial charge in [-0.05, 0) is 31.9 Å². The van der Waals surface area contributed by atoms with Crippen molar-refractivity contribution >= 4 is 17.6 Å². The summed E-state index contributed by atoms with van der Waals surface area (Å²) < 4.78 is 10.2. The van der Waals surface area contributed by atoms with Crippen molar-refractivity contribution in [2.24, 2.45) is 0 Å². The predicted octanol–water partition coefficient (Wildman–Crippen LogP) is 1.45. The quantitative estimate of drug-likeness (QED) is 0.634. The van der Waals surface area contributed by atoms with E-state index in [1.807, 2.05) is 6.92 Å². The fourth-order valence-electron chi connectivity index (χ4n) is 2.24. The lowest BCUT2D eigenvalue weighted by Crippen LogP contribution is -2.36. The third-order valence-electron chi connectivity index (χ3n) is 3.45. The SMILES string of the molecule is CCN(C(=O)COc1cccc(N)c1C(=O)OC)C1CC1. The van der Waals surface area contributed by atoms with E-state index in [9.17, 15) is 9.59 Å². The summed E-state index contributed by atoms with van der Waals surface area (Å²) in [6, 6.07) is 5.19. The molecule has 0 saturated heterocycles. The second-order valence-corrected chi connectivity index (χ2v) is 4.91. The number of anilines is 1. The van der Waals surface area contributed by atoms with E-state index in [2.05, 4.69) is 4.74 Å². The summed E-state index contributed by atoms with van der Waals surface area (Å²) in [5.74, 6) is -0.398. The Morgan fingerprint density at radius 2 is 2.10 bits per heavy atom. The first kappa shape index (κ1) is 15.2. The van der Waals surface area contributed by atoms with E-state index in [0.717, 1.165) is 12.8 Å². The van der Waals surface area contributed by atoms with Crippen LogP contribution in [0.1, 0.15) is 30.1 Å². The molecule has 0 radical (unpaired) electrons. The number of benzene rings is 1. The monoisotopic (exact) mass is 292 g/mol. The highest BCUT2D eigenvalue weighted by molar-refractivity contribution is 5.98. The number of rotatable bonds is 6. The van der Waals surface area contributed by atoms with Gasteiger partial charge < -0.3 is 20.1 Å². The molecule has 0 atom stereocenters. The van der Waals surface area contributed by atoms with Gasteiger partial charge in [-0.25, -0.2) is 4.79 Å². The van der Waals surface area contributed by atoms with Gasteiger partial charge in [-0.15, -0.1) is 0 Å². The summed E-state index contributed by atoms with van der Waals surface area (Å²) in [6.45, 7) is 2.49. The zero-order valence-corrected chi connectivity index (χ0v) is 12.3. The molecule has 0 aromatic heterocycles. The van der Waals surface area contributed by atoms with Crippen LogP contribution in [0.15, 0.2) is 18.2 Å². The number of likely N-dealkylation sites (N-methyl/N-ethyl adjacent to an activating group) is 1. The van der Waals surface area contributed by atoms with E-state index in [4.69, 9.17) is 10.5 Å². The number of amides is 1. The molecule has 1 aromatic rings. The Morgan fingerprint density at radius 3 is 2.67 bits per heavy atom. The summed E-state index contributed by atoms with van der Waals surface area (Å²) in [7, 11) is 1.27. The molecule has 114 valence electrons. The van der Waals surface area contributed by atoms with E-state index in [1.54, 1.807) is 23.1 Å². The van der Waals surface area contributed by atoms with Crippen molar-refractivity contribution in [1.82, 2.24) is 4.90 Å². The summed E-state index contributed by atoms with van der Waals surface area (Å²) >= 11 is 0. The molecule has 0 aliphatic heterocycles. The molecule has 0 heterocycles. The minimum Gasteiger partial charge on any atom is -0.483 e. The van der Waals surface area contributed by atoms with E-state index >= 15 is 0 Å². The van der Waals surface area contributed by atoms with Crippen molar-refractivity contribution in [2.45, 2.75) is 25.8 Å². The van der Waals surface area contributed by atoms with Gasteiger partial charge in [-0.1, -0.05) is 6.07 Å². The van der Waals surface area contributed by atoms with Gasteiger partial charge in [0.2, 0.25) is 0 Å². The maximum absolute atomic E-state index is 12.1. The van der Waals surface area contributed by atoms with Crippen molar-refractivity contribution < 1.29 is 19.1 Å². The third-order valence-corrected chi connectivity index (χ3v) is 3.45. The van der Waals surface area contributed by atoms with Crippen LogP contribution in [-0.2, 0) is 9.53 Å². The molecule has 1 saturated carbocycles. The largest absolute Gasteiger partial charge is 0.483 e. The highest BCUT2D eigenvalue weighted by Gasteiger charge is 2.31. The van der Waals surface area contributed by atoms with Crippen LogP contribution in [0, 0.1) is 0 Å². The average Bonchev–Trinajstić information content (AvgIpc) is 3.30. The number of nitrogen functional groups attached to an aromatic ring is 1. The molecule has 1 amide bonds. The Balaban J connectivity index is 2.07. The maximum Gasteiger partial charge on any atom is 0.343 e. The van der Waals surface area contributed by atoms with Gasteiger partial charge >= 0.3 is 5.97 Å². The van der Waals surface area contributed by atoms with Gasteiger partial charge in [-0.3, -0.25) is 4.79 Å². The van der Waals surface area contributed by atoms with E-state index in [0.29, 0.717) is 12.6 Å². The Labute approximate surface area is 123 Å². The maximum atomic E-state index is 12.1. The van der Waals surface area contributed by atoms with E-state index in [-0.39, 0.29) is 29.5 Å². The lowest BCUT2D eigenvalue weighted by molar-refractivity contribution is -0.133. The number of esters is 1. The Kier molecular flexibility index (Phi) is 4.67. The highest BCUT2D eigenvalue weighted by Crippen LogP contribution is 2.28. The van der Waals surface area contributed by atoms with Crippen molar-refractivity contribution in [3.05, 3.63) is 23.8 Å². The van der Waals surface area contributed by atoms with Gasteiger partial charge in [0.1, 0.15) is 11.3 Å². The lowest BCUT2D eigenvalue weighted by atomic mass is 10.1. The Bertz CT molecular complexity index is 540. The molecule has 2 N–H and O–H groups in total. The number of nitrogens with zero attached hydrogens (tertiary/aromatic N) is 1. The fraction of sp³-hybridized carbons (Fsp3) is 0.467. The summed E-state index contributed by atoms with van der Waals surface area (Å²) in [5.41, 5.74) is 6.19. The number of carbonyl (C=O) groups is 2. The van der Waals surface area contributed by atoms with Crippen molar-refractivity contribution in [1.29, 1.82) is 0 Å². The smallest absolute Gasteiger partial charge is 0.343 e. The average molecular weight is 292 g/mol. The molecule has 1 aromatic carbocycles. The minimum atomic E-state index is -0.579. The Hall–Kier alpha value is -2.24. The van der Waals surface area contributed by atoms with Gasteiger partial charge in [0.25, 0.3) is 5.91 Å². The van der Waals surface area contributed by atoms with Crippen LogP contribution in [-0.4, -0.2) is 43.1 Å². The molecule has 0 spiro atoms. The van der Waals surface area contributed by atoms with Crippen molar-refractivity contribution in [3.63, 3.8) is 0 Å². The van der Waals surface area contributed by atoms with Crippen LogP contribution in [0.4, 0.5) is 5.69 Å². The number of hydrogen-bond donors (Lipinski definition) is 1. The number of hydrogen-bond acceptors (Lipinski definition) is 5. The predicted molar refractivity (Wildman–Crippen MR) is 78.1 cm³/mol. The molecule has 6 heteroatoms. The molecule has 6 nitrogen and oxygen atoms in total. The normalized spacial score (nSPS) is 13.6. The van der Waals surface area contributed by atoms with Crippen LogP contribution >= 0.6 is 0 Å². The van der Waals surface area contributed by atoms with Gasteiger partial charge in [-0.2, -0.15) is 0 Å². The summed E-state index contributed by atoms with van der Waals surface area (Å²) in [5, 5.41) is 0. The first-order chi connectivity index (χ1) is 10.1. The number of methoxy groups -OCH3 is 1. The second-order valence-electron chi connectivity index (χ2n) is 4.91. The first-order valence-electron chi connectivity index (χ1n) is 6.97. The molecule has 1 aliphatic rings. The van der Waals surface area contributed by atoms with E-state index < -0.39 is 5.97 Å². The zero-order chi connectivity index (χ0) is 15.4. The van der Waals surface area contributed by atoms with Crippen molar-refractivity contribution in [2.75, 3.05) is 26.0 Å². The van der Waals surface area contributed by atoms with Crippen molar-refractivity contribution in [3.8, 4) is 5.75 Å². The fourth-order valence-corrected chi connectivity index (χ4v) is 2.24. The van der Waals surface area contributed by atoms with Gasteiger partial charge in [0, 0.05) is 18.3 Å². The van der Waals surface area contributed by atoms with Crippen LogP contribution in [0.25, 0.3) is 0 Å². The standard InChI is InChI=1S/C15H20N2O4/c1-3-17(10-7-8-10)13(18)9-21-12-6-4-5-11(16)14(12)15(19)20-2/h4-6,10H,3,7-9,16H2,1-2H3. The topological polar surface area (TPSA) is 81.9 Å². The molecule has 2 rings (SSSR count). The third kappa shape index (κ3) is 3.45. The Morgan fingerprint density at radius 1 is 1.38 bits per heavy atom. The minimum absolute atomic E-state index is 0.0850. The lowest BCUT2D eigenvalue weighted by Gasteiger charge is -2.21. The summed E-state index contributed by atoms with van der Waals surface area (Å²) in [6.07, 6.45) is 2.09. The van der Waals surface area contributed by atoms with Gasteiger partial charge in [0.05, 0.1) is 7.11 Å².